The van der Waals surface area contributed by atoms with Gasteiger partial charge in [0.15, 0.2) is 11.6 Å². The smallest absolute Gasteiger partial charge is 0.439 e. The highest BCUT2D eigenvalue weighted by molar-refractivity contribution is 6.31. The summed E-state index contributed by atoms with van der Waals surface area (Å²) in [5, 5.41) is 34.1. The molecule has 1 saturated carbocycles. The number of aliphatic hydroxyl groups is 2. The highest BCUT2D eigenvalue weighted by Gasteiger charge is 2.24. The molecule has 4 heterocycles. The largest absolute Gasteiger partial charge is 0.489 e. The second-order valence-corrected chi connectivity index (χ2v) is 15.4. The number of hydrogen-bond acceptors (Lipinski definition) is 12. The summed E-state index contributed by atoms with van der Waals surface area (Å²) in [6.07, 6.45) is 2.51. The van der Waals surface area contributed by atoms with E-state index in [0.29, 0.717) is 55.2 Å². The average molecular weight is 898 g/mol. The number of para-hydroxylation sites is 2. The fraction of sp³-hybridized carbons (Fsp3) is 0.209. The molecule has 9 rings (SSSR count). The summed E-state index contributed by atoms with van der Waals surface area (Å²) in [6.45, 7) is -0.511. The lowest BCUT2D eigenvalue weighted by molar-refractivity contribution is 0.0540. The zero-order valence-corrected chi connectivity index (χ0v) is 35.0. The van der Waals surface area contributed by atoms with Gasteiger partial charge in [0.2, 0.25) is 0 Å². The first-order valence-corrected chi connectivity index (χ1v) is 20.2. The third-order valence-electron chi connectivity index (χ3n) is 10.3. The maximum atomic E-state index is 13.2. The van der Waals surface area contributed by atoms with Gasteiger partial charge < -0.3 is 39.5 Å². The molecule has 8 aromatic rings. The van der Waals surface area contributed by atoms with E-state index in [2.05, 4.69) is 40.0 Å². The van der Waals surface area contributed by atoms with Crippen LogP contribution in [0.1, 0.15) is 40.2 Å². The minimum absolute atomic E-state index is 0.0909. The number of ether oxygens (including phenoxy) is 2. The van der Waals surface area contributed by atoms with Crippen molar-refractivity contribution < 1.29 is 38.3 Å². The number of aromatic amines is 2. The second kappa shape index (κ2) is 18.1. The van der Waals surface area contributed by atoms with Crippen molar-refractivity contribution >= 4 is 68.2 Å². The molecule has 1 aliphatic rings. The number of fused-ring (bicyclic) bond motifs is 2. The van der Waals surface area contributed by atoms with Crippen LogP contribution in [0, 0.1) is 0 Å². The predicted molar refractivity (Wildman–Crippen MR) is 234 cm³/mol. The number of benzene rings is 4. The molecule has 6 N–H and O–H groups in total. The van der Waals surface area contributed by atoms with Crippen LogP contribution in [-0.4, -0.2) is 76.9 Å². The molecule has 4 aromatic carbocycles. The molecule has 324 valence electrons. The van der Waals surface area contributed by atoms with E-state index in [-0.39, 0.29) is 30.3 Å². The summed E-state index contributed by atoms with van der Waals surface area (Å²) in [7, 11) is 3.55. The molecule has 20 heteroatoms. The van der Waals surface area contributed by atoms with E-state index in [1.807, 2.05) is 41.9 Å². The summed E-state index contributed by atoms with van der Waals surface area (Å²) in [6, 6.07) is 24.3. The number of carbonyl (C=O) groups is 2. The number of H-pyrrole nitrogens is 2. The summed E-state index contributed by atoms with van der Waals surface area (Å²) in [5.74, 6) is -0.620. The molecule has 0 spiro atoms. The summed E-state index contributed by atoms with van der Waals surface area (Å²) >= 11 is 12.2. The molecule has 0 radical (unpaired) electrons. The first-order valence-electron chi connectivity index (χ1n) is 19.5. The quantitative estimate of drug-likeness (QED) is 0.0768. The lowest BCUT2D eigenvalue weighted by Crippen LogP contribution is -2.24. The number of aryl methyl sites for hydroxylation is 2. The first kappa shape index (κ1) is 42.6. The number of nitrogens with one attached hydrogen (secondary N) is 4. The van der Waals surface area contributed by atoms with Gasteiger partial charge in [-0.25, -0.2) is 9.59 Å². The van der Waals surface area contributed by atoms with Gasteiger partial charge in [0.1, 0.15) is 35.6 Å². The van der Waals surface area contributed by atoms with Gasteiger partial charge in [-0.1, -0.05) is 57.8 Å². The minimum atomic E-state index is -1.01. The topological polar surface area (TPSA) is 245 Å². The number of rotatable bonds is 12. The van der Waals surface area contributed by atoms with Crippen LogP contribution in [0.4, 0.5) is 11.4 Å². The van der Waals surface area contributed by atoms with E-state index < -0.39 is 30.1 Å². The van der Waals surface area contributed by atoms with Crippen LogP contribution in [0.15, 0.2) is 104 Å². The number of nitrogens with zero attached hydrogens (tertiary/aromatic N) is 4. The number of carbonyl (C=O) groups excluding carboxylic acids is 2. The van der Waals surface area contributed by atoms with Gasteiger partial charge >= 0.3 is 11.5 Å². The third-order valence-corrected chi connectivity index (χ3v) is 10.8. The molecular formula is C43H38Cl2N8O10. The second-order valence-electron chi connectivity index (χ2n) is 14.6. The number of aromatic nitrogens is 6. The van der Waals surface area contributed by atoms with Gasteiger partial charge in [0.05, 0.1) is 35.1 Å². The van der Waals surface area contributed by atoms with Crippen LogP contribution in [0.25, 0.3) is 44.6 Å². The first-order chi connectivity index (χ1) is 30.4. The molecule has 2 amide bonds. The molecule has 1 aliphatic carbocycles. The van der Waals surface area contributed by atoms with Crippen LogP contribution in [0.3, 0.4) is 0 Å². The standard InChI is InChI=1S/C22H19ClN4O4.C21H19ClN4O6/c1-27-17(10-12-4-2-7-18(19(12)27)30-14-5-3-6-14)21(28)24-16-9-8-13(23)11-15(16)20-25-22(29)31-26-20;1-26-16(7-11-3-2-4-17(18(11)26)31-10-13(28)9-27)20(29)23-15-6-5-12(22)8-14(15)19-24-21(30)32-25-19/h2,4,7-11,14H,3,5-6H2,1H3,(H,24,28)(H,25,26,29);2-8,13,27-28H,9-10H2,1H3,(H,23,29)(H,24,25,30)/t;13-/m.1/s1. The molecule has 63 heavy (non-hydrogen) atoms. The van der Waals surface area contributed by atoms with E-state index in [0.717, 1.165) is 34.9 Å². The Bertz CT molecular complexity index is 3100. The summed E-state index contributed by atoms with van der Waals surface area (Å²) in [5.41, 5.74) is 3.98. The molecule has 0 saturated heterocycles. The SMILES string of the molecule is Cn1c(C(=O)Nc2ccc(Cl)cc2-c2noc(=O)[nH]2)cc2cccc(OC3CCC3)c21.Cn1c(C(=O)Nc2ccc(Cl)cc2-c2noc(=O)[nH]2)cc2cccc(OC[C@H](O)CO)c21. The highest BCUT2D eigenvalue weighted by Crippen LogP contribution is 2.35. The van der Waals surface area contributed by atoms with Gasteiger partial charge in [-0.2, -0.15) is 0 Å². The van der Waals surface area contributed by atoms with Crippen LogP contribution in [0.5, 0.6) is 11.5 Å². The molecule has 0 aliphatic heterocycles. The Morgan fingerprint density at radius 3 is 1.71 bits per heavy atom. The fourth-order valence-corrected chi connectivity index (χ4v) is 7.36. The molecule has 0 bridgehead atoms. The Labute approximate surface area is 365 Å². The van der Waals surface area contributed by atoms with E-state index in [1.165, 1.54) is 6.42 Å². The van der Waals surface area contributed by atoms with Crippen molar-refractivity contribution in [3.8, 4) is 34.3 Å². The molecule has 4 aromatic heterocycles. The number of aliphatic hydroxyl groups excluding tert-OH is 2. The number of halogens is 2. The van der Waals surface area contributed by atoms with E-state index in [4.69, 9.17) is 37.8 Å². The van der Waals surface area contributed by atoms with E-state index in [1.54, 1.807) is 66.2 Å². The van der Waals surface area contributed by atoms with Crippen molar-refractivity contribution in [1.29, 1.82) is 0 Å². The Kier molecular flexibility index (Phi) is 12.2. The monoisotopic (exact) mass is 896 g/mol. The Morgan fingerprint density at radius 1 is 0.778 bits per heavy atom. The minimum Gasteiger partial charge on any atom is -0.489 e. The Balaban J connectivity index is 0.000000173. The van der Waals surface area contributed by atoms with E-state index >= 15 is 0 Å². The maximum absolute atomic E-state index is 13.2. The molecule has 0 unspecified atom stereocenters. The Morgan fingerprint density at radius 2 is 1.27 bits per heavy atom. The summed E-state index contributed by atoms with van der Waals surface area (Å²) < 4.78 is 24.4. The van der Waals surface area contributed by atoms with Crippen LogP contribution < -0.4 is 31.6 Å². The fourth-order valence-electron chi connectivity index (χ4n) is 7.02. The van der Waals surface area contributed by atoms with Gasteiger partial charge in [0.25, 0.3) is 11.8 Å². The van der Waals surface area contributed by atoms with Crippen LogP contribution in [0.2, 0.25) is 10.0 Å². The molecule has 18 nitrogen and oxygen atoms in total. The third kappa shape index (κ3) is 9.10. The molecule has 1 fully saturated rings. The van der Waals surface area contributed by atoms with E-state index in [9.17, 15) is 24.3 Å². The predicted octanol–water partition coefficient (Wildman–Crippen LogP) is 6.52. The van der Waals surface area contributed by atoms with Crippen molar-refractivity contribution in [3.05, 3.63) is 127 Å². The van der Waals surface area contributed by atoms with Crippen molar-refractivity contribution in [3.63, 3.8) is 0 Å². The van der Waals surface area contributed by atoms with Crippen LogP contribution in [-0.2, 0) is 14.1 Å². The lowest BCUT2D eigenvalue weighted by Gasteiger charge is -2.26. The lowest BCUT2D eigenvalue weighted by atomic mass is 9.96. The number of amides is 2. The number of anilines is 2. The maximum Gasteiger partial charge on any atom is 0.439 e. The van der Waals surface area contributed by atoms with Crippen molar-refractivity contribution in [2.75, 3.05) is 23.8 Å². The molecular weight excluding hydrogens is 859 g/mol. The van der Waals surface area contributed by atoms with Gasteiger partial charge in [-0.3, -0.25) is 28.6 Å². The van der Waals surface area contributed by atoms with Gasteiger partial charge in [-0.15, -0.1) is 0 Å². The highest BCUT2D eigenvalue weighted by atomic mass is 35.5. The van der Waals surface area contributed by atoms with Crippen molar-refractivity contribution in [1.82, 2.24) is 29.4 Å². The average Bonchev–Trinajstić information content (AvgIpc) is 4.05. The zero-order valence-electron chi connectivity index (χ0n) is 33.5. The summed E-state index contributed by atoms with van der Waals surface area (Å²) in [4.78, 5) is 53.9. The van der Waals surface area contributed by atoms with Gasteiger partial charge in [0, 0.05) is 46.0 Å². The van der Waals surface area contributed by atoms with Gasteiger partial charge in [-0.05, 0) is 79.9 Å². The molecule has 1 atom stereocenters. The number of hydrogen-bond donors (Lipinski definition) is 6. The zero-order chi connectivity index (χ0) is 44.4. The normalized spacial score (nSPS) is 13.0. The Hall–Kier alpha value is -7.12. The van der Waals surface area contributed by atoms with Crippen molar-refractivity contribution in [2.24, 2.45) is 14.1 Å². The van der Waals surface area contributed by atoms with Crippen LogP contribution >= 0.6 is 23.2 Å². The van der Waals surface area contributed by atoms with Crippen molar-refractivity contribution in [2.45, 2.75) is 31.5 Å².